The summed E-state index contributed by atoms with van der Waals surface area (Å²) >= 11 is 0. The molecule has 0 aromatic carbocycles. The maximum atomic E-state index is 12.8. The van der Waals surface area contributed by atoms with Crippen LogP contribution in [0.1, 0.15) is 335 Å². The van der Waals surface area contributed by atoms with E-state index in [1.807, 2.05) is 6.08 Å². The molecule has 0 heterocycles. The fourth-order valence-corrected chi connectivity index (χ4v) is 9.40. The summed E-state index contributed by atoms with van der Waals surface area (Å²) in [6.45, 7) is 6.48. The average Bonchev–Trinajstić information content (AvgIpc) is 3.38. The molecule has 1 atom stereocenters. The average molecular weight is 1010 g/mol. The maximum absolute atomic E-state index is 12.8. The smallest absolute Gasteiger partial charge is 0.306 e. The van der Waals surface area contributed by atoms with Crippen molar-refractivity contribution in [3.05, 3.63) is 48.6 Å². The van der Waals surface area contributed by atoms with Crippen LogP contribution in [0.2, 0.25) is 0 Å². The number of carbonyl (C=O) groups excluding carboxylic acids is 3. The number of allylic oxidation sites excluding steroid dienone is 8. The van der Waals surface area contributed by atoms with E-state index in [2.05, 4.69) is 63.3 Å². The number of esters is 3. The van der Waals surface area contributed by atoms with Gasteiger partial charge in [-0.2, -0.15) is 0 Å². The van der Waals surface area contributed by atoms with Crippen molar-refractivity contribution < 1.29 is 28.6 Å². The Kier molecular flexibility index (Phi) is 58.7. The van der Waals surface area contributed by atoms with Crippen molar-refractivity contribution in [1.29, 1.82) is 0 Å². The molecule has 0 aliphatic rings. The van der Waals surface area contributed by atoms with Gasteiger partial charge in [-0.1, -0.05) is 320 Å². The fraction of sp³-hybridized carbons (Fsp3) is 0.833. The zero-order valence-corrected chi connectivity index (χ0v) is 48.2. The first-order valence-electron chi connectivity index (χ1n) is 31.6. The van der Waals surface area contributed by atoms with Crippen LogP contribution < -0.4 is 0 Å². The number of carbonyl (C=O) groups is 3. The lowest BCUT2D eigenvalue weighted by atomic mass is 10.0. The largest absolute Gasteiger partial charge is 0.462 e. The zero-order chi connectivity index (χ0) is 52.2. The van der Waals surface area contributed by atoms with Crippen LogP contribution in [0.4, 0.5) is 0 Å². The number of ether oxygens (including phenoxy) is 3. The molecule has 0 aromatic heterocycles. The summed E-state index contributed by atoms with van der Waals surface area (Å²) in [5.41, 5.74) is 0. The van der Waals surface area contributed by atoms with Gasteiger partial charge in [-0.15, -0.1) is 0 Å². The van der Waals surface area contributed by atoms with Crippen LogP contribution in [0.25, 0.3) is 0 Å². The summed E-state index contributed by atoms with van der Waals surface area (Å²) < 4.78 is 16.7. The standard InChI is InChI=1S/C66H120O6/c1-4-7-10-13-16-19-21-23-24-25-26-27-28-29-30-31-32-33-34-35-36-37-38-39-40-41-43-44-47-50-53-56-59-65(68)71-62-63(61-70-64(67)58-55-52-49-46-18-15-12-9-6-3)72-66(69)60-57-54-51-48-45-42-22-20-17-14-11-8-5-2/h8,11,17,20,42,45,51,54,63H,4-7,9-10,12-16,18-19,21-41,43-44,46-50,52-53,55-62H2,1-3H3/b11-8-,20-17-,45-42-,54-51-. The van der Waals surface area contributed by atoms with E-state index in [0.717, 1.165) is 64.2 Å². The Hall–Kier alpha value is -2.63. The van der Waals surface area contributed by atoms with Gasteiger partial charge in [-0.05, 0) is 44.9 Å². The van der Waals surface area contributed by atoms with Crippen LogP contribution in [0.5, 0.6) is 0 Å². The molecule has 0 saturated carbocycles. The van der Waals surface area contributed by atoms with Gasteiger partial charge in [0.2, 0.25) is 0 Å². The SMILES string of the molecule is CC/C=C\C/C=C\C/C=C\C/C=C\CCC(=O)OC(COC(=O)CCCCCCCCCCC)COC(=O)CCCCCCCCCCCCCCCCCCCCCCCCCCCCCCCCCC. The van der Waals surface area contributed by atoms with E-state index in [4.69, 9.17) is 14.2 Å². The van der Waals surface area contributed by atoms with Gasteiger partial charge in [-0.3, -0.25) is 14.4 Å². The summed E-state index contributed by atoms with van der Waals surface area (Å²) in [5.74, 6) is -0.969. The quantitative estimate of drug-likeness (QED) is 0.0261. The second kappa shape index (κ2) is 60.9. The van der Waals surface area contributed by atoms with Crippen LogP contribution in [0, 0.1) is 0 Å². The highest BCUT2D eigenvalue weighted by molar-refractivity contribution is 5.71. The Morgan fingerprint density at radius 1 is 0.292 bits per heavy atom. The van der Waals surface area contributed by atoms with Crippen molar-refractivity contribution in [2.24, 2.45) is 0 Å². The molecule has 1 unspecified atom stereocenters. The zero-order valence-electron chi connectivity index (χ0n) is 48.2. The molecule has 0 amide bonds. The third-order valence-corrected chi connectivity index (χ3v) is 14.1. The minimum Gasteiger partial charge on any atom is -0.462 e. The molecule has 0 bridgehead atoms. The Labute approximate surface area is 448 Å². The van der Waals surface area contributed by atoms with Crippen molar-refractivity contribution in [1.82, 2.24) is 0 Å². The van der Waals surface area contributed by atoms with Crippen molar-refractivity contribution in [3.8, 4) is 0 Å². The number of hydrogen-bond acceptors (Lipinski definition) is 6. The van der Waals surface area contributed by atoms with Crippen LogP contribution in [0.15, 0.2) is 48.6 Å². The number of unbranched alkanes of at least 4 members (excludes halogenated alkanes) is 39. The van der Waals surface area contributed by atoms with Crippen molar-refractivity contribution in [2.45, 2.75) is 341 Å². The summed E-state index contributed by atoms with van der Waals surface area (Å²) in [6.07, 6.45) is 76.1. The first-order chi connectivity index (χ1) is 35.5. The molecule has 0 aliphatic carbocycles. The van der Waals surface area contributed by atoms with Gasteiger partial charge in [0.05, 0.1) is 0 Å². The second-order valence-electron chi connectivity index (χ2n) is 21.3. The minimum atomic E-state index is -0.806. The van der Waals surface area contributed by atoms with Gasteiger partial charge < -0.3 is 14.2 Å². The van der Waals surface area contributed by atoms with Crippen LogP contribution >= 0.6 is 0 Å². The molecule has 0 N–H and O–H groups in total. The monoisotopic (exact) mass is 1010 g/mol. The lowest BCUT2D eigenvalue weighted by molar-refractivity contribution is -0.166. The second-order valence-corrected chi connectivity index (χ2v) is 21.3. The highest BCUT2D eigenvalue weighted by Gasteiger charge is 2.19. The van der Waals surface area contributed by atoms with E-state index in [-0.39, 0.29) is 37.5 Å². The Morgan fingerprint density at radius 2 is 0.542 bits per heavy atom. The molecule has 6 heteroatoms. The molecule has 0 spiro atoms. The molecule has 0 fully saturated rings. The van der Waals surface area contributed by atoms with E-state index in [1.165, 1.54) is 225 Å². The van der Waals surface area contributed by atoms with Crippen molar-refractivity contribution in [2.75, 3.05) is 13.2 Å². The highest BCUT2D eigenvalue weighted by Crippen LogP contribution is 2.18. The summed E-state index contributed by atoms with van der Waals surface area (Å²) in [5, 5.41) is 0. The molecule has 420 valence electrons. The Bertz CT molecular complexity index is 1250. The first-order valence-corrected chi connectivity index (χ1v) is 31.6. The van der Waals surface area contributed by atoms with Gasteiger partial charge in [0.1, 0.15) is 13.2 Å². The molecule has 0 radical (unpaired) electrons. The van der Waals surface area contributed by atoms with E-state index in [1.54, 1.807) is 0 Å². The minimum absolute atomic E-state index is 0.0977. The lowest BCUT2D eigenvalue weighted by Gasteiger charge is -2.18. The molecule has 0 rings (SSSR count). The van der Waals surface area contributed by atoms with E-state index in [0.29, 0.717) is 19.3 Å². The van der Waals surface area contributed by atoms with Gasteiger partial charge in [0.15, 0.2) is 6.10 Å². The van der Waals surface area contributed by atoms with Gasteiger partial charge in [-0.25, -0.2) is 0 Å². The summed E-state index contributed by atoms with van der Waals surface area (Å²) in [7, 11) is 0. The lowest BCUT2D eigenvalue weighted by Crippen LogP contribution is -2.30. The maximum Gasteiger partial charge on any atom is 0.306 e. The van der Waals surface area contributed by atoms with E-state index >= 15 is 0 Å². The Balaban J connectivity index is 4.01. The summed E-state index contributed by atoms with van der Waals surface area (Å²) in [6, 6.07) is 0. The number of rotatable bonds is 58. The predicted molar refractivity (Wildman–Crippen MR) is 312 cm³/mol. The van der Waals surface area contributed by atoms with Crippen LogP contribution in [-0.4, -0.2) is 37.2 Å². The molecule has 0 aliphatic heterocycles. The van der Waals surface area contributed by atoms with Gasteiger partial charge in [0.25, 0.3) is 0 Å². The summed E-state index contributed by atoms with van der Waals surface area (Å²) in [4.78, 5) is 38.0. The van der Waals surface area contributed by atoms with Gasteiger partial charge >= 0.3 is 17.9 Å². The fourth-order valence-electron chi connectivity index (χ4n) is 9.40. The third kappa shape index (κ3) is 58.3. The third-order valence-electron chi connectivity index (χ3n) is 14.1. The normalized spacial score (nSPS) is 12.3. The van der Waals surface area contributed by atoms with Crippen molar-refractivity contribution in [3.63, 3.8) is 0 Å². The van der Waals surface area contributed by atoms with Crippen molar-refractivity contribution >= 4 is 17.9 Å². The molecule has 0 saturated heterocycles. The predicted octanol–water partition coefficient (Wildman–Crippen LogP) is 21.4. The molecular formula is C66H120O6. The molecule has 0 aromatic rings. The van der Waals surface area contributed by atoms with Crippen LogP contribution in [0.3, 0.4) is 0 Å². The van der Waals surface area contributed by atoms with Crippen LogP contribution in [-0.2, 0) is 28.6 Å². The van der Waals surface area contributed by atoms with E-state index < -0.39 is 6.10 Å². The molecule has 72 heavy (non-hydrogen) atoms. The highest BCUT2D eigenvalue weighted by atomic mass is 16.6. The Morgan fingerprint density at radius 3 is 0.819 bits per heavy atom. The topological polar surface area (TPSA) is 78.9 Å². The first kappa shape index (κ1) is 69.4. The molecule has 6 nitrogen and oxygen atoms in total. The number of hydrogen-bond donors (Lipinski definition) is 0. The molecular weight excluding hydrogens is 889 g/mol. The van der Waals surface area contributed by atoms with Gasteiger partial charge in [0, 0.05) is 19.3 Å². The van der Waals surface area contributed by atoms with E-state index in [9.17, 15) is 14.4 Å².